The van der Waals surface area contributed by atoms with Gasteiger partial charge in [0.15, 0.2) is 10.9 Å². The Morgan fingerprint density at radius 2 is 1.89 bits per heavy atom. The molecule has 0 unspecified atom stereocenters. The Bertz CT molecular complexity index is 910. The summed E-state index contributed by atoms with van der Waals surface area (Å²) in [6.07, 6.45) is 2.51. The summed E-state index contributed by atoms with van der Waals surface area (Å²) in [5.41, 5.74) is 6.07. The lowest BCUT2D eigenvalue weighted by Crippen LogP contribution is -2.40. The first-order valence-electron chi connectivity index (χ1n) is 9.38. The average Bonchev–Trinajstić information content (AvgIpc) is 2.97. The molecular weight excluding hydrogens is 372 g/mol. The molecule has 1 aromatic carbocycles. The van der Waals surface area contributed by atoms with Gasteiger partial charge in [0.05, 0.1) is 5.71 Å². The van der Waals surface area contributed by atoms with Gasteiger partial charge in [-0.2, -0.15) is 5.10 Å². The van der Waals surface area contributed by atoms with Crippen LogP contribution in [0.25, 0.3) is 0 Å². The highest BCUT2D eigenvalue weighted by Gasteiger charge is 2.29. The average molecular weight is 399 g/mol. The van der Waals surface area contributed by atoms with E-state index in [1.807, 2.05) is 58.0 Å². The van der Waals surface area contributed by atoms with Crippen LogP contribution in [-0.2, 0) is 6.42 Å². The van der Waals surface area contributed by atoms with Crippen molar-refractivity contribution < 1.29 is 9.21 Å². The summed E-state index contributed by atoms with van der Waals surface area (Å²) in [6, 6.07) is 9.67. The van der Waals surface area contributed by atoms with E-state index < -0.39 is 0 Å². The molecule has 0 saturated heterocycles. The van der Waals surface area contributed by atoms with Crippen molar-refractivity contribution in [3.63, 3.8) is 0 Å². The van der Waals surface area contributed by atoms with E-state index in [-0.39, 0.29) is 11.4 Å². The number of furan rings is 1. The molecule has 0 radical (unpaired) electrons. The Balaban J connectivity index is 1.78. The van der Waals surface area contributed by atoms with Gasteiger partial charge in [-0.25, -0.2) is 0 Å². The van der Waals surface area contributed by atoms with Gasteiger partial charge in [-0.05, 0) is 64.9 Å². The summed E-state index contributed by atoms with van der Waals surface area (Å²) >= 11 is 5.33. The van der Waals surface area contributed by atoms with Crippen molar-refractivity contribution in [3.05, 3.63) is 53.0 Å². The van der Waals surface area contributed by atoms with E-state index in [0.29, 0.717) is 10.9 Å². The van der Waals surface area contributed by atoms with E-state index >= 15 is 0 Å². The number of carbonyl (C=O) groups excluding carboxylic acids is 1. The fourth-order valence-corrected chi connectivity index (χ4v) is 3.36. The van der Waals surface area contributed by atoms with Gasteiger partial charge in [0.25, 0.3) is 5.91 Å². The number of fused-ring (bicyclic) bond motifs is 1. The fraction of sp³-hybridized carbons (Fsp3) is 0.381. The third kappa shape index (κ3) is 4.78. The molecule has 3 rings (SSSR count). The number of para-hydroxylation sites is 1. The highest BCUT2D eigenvalue weighted by Crippen LogP contribution is 2.30. The molecule has 1 aromatic heterocycles. The number of hydrogen-bond acceptors (Lipinski definition) is 4. The first-order chi connectivity index (χ1) is 13.2. The molecule has 1 aliphatic rings. The van der Waals surface area contributed by atoms with Gasteiger partial charge in [-0.1, -0.05) is 18.2 Å². The zero-order valence-electron chi connectivity index (χ0n) is 16.7. The topological polar surface area (TPSA) is 78.7 Å². The third-order valence-corrected chi connectivity index (χ3v) is 4.54. The molecule has 6 nitrogen and oxygen atoms in total. The first kappa shape index (κ1) is 20.1. The normalized spacial score (nSPS) is 15.1. The van der Waals surface area contributed by atoms with Crippen LogP contribution in [0.3, 0.4) is 0 Å². The van der Waals surface area contributed by atoms with Crippen molar-refractivity contribution in [1.82, 2.24) is 10.7 Å². The van der Waals surface area contributed by atoms with Gasteiger partial charge in [0.2, 0.25) is 0 Å². The van der Waals surface area contributed by atoms with Crippen molar-refractivity contribution >= 4 is 34.6 Å². The summed E-state index contributed by atoms with van der Waals surface area (Å²) in [5.74, 6) is 0.970. The molecular formula is C21H26N4O2S. The zero-order chi connectivity index (χ0) is 20.3. The largest absolute Gasteiger partial charge is 0.455 e. The van der Waals surface area contributed by atoms with Crippen LogP contribution in [-0.4, -0.2) is 22.3 Å². The number of amides is 1. The maximum absolute atomic E-state index is 12.6. The number of hydrazone groups is 1. The molecule has 1 aliphatic carbocycles. The Morgan fingerprint density at radius 3 is 2.57 bits per heavy atom. The van der Waals surface area contributed by atoms with Crippen LogP contribution in [0.4, 0.5) is 5.69 Å². The van der Waals surface area contributed by atoms with Gasteiger partial charge in [0, 0.05) is 28.8 Å². The maximum Gasteiger partial charge on any atom is 0.287 e. The third-order valence-electron chi connectivity index (χ3n) is 4.34. The number of carbonyl (C=O) groups is 1. The zero-order valence-corrected chi connectivity index (χ0v) is 17.5. The SMILES string of the molecule is Cc1c(C(=O)NC(C)(C)C)oc2c1/C(=N/NC(=S)Nc1ccccc1)CCC2. The lowest BCUT2D eigenvalue weighted by molar-refractivity contribution is 0.0888. The van der Waals surface area contributed by atoms with Crippen molar-refractivity contribution in [2.24, 2.45) is 5.10 Å². The van der Waals surface area contributed by atoms with Crippen LogP contribution in [0.1, 0.15) is 61.1 Å². The van der Waals surface area contributed by atoms with E-state index in [2.05, 4.69) is 21.2 Å². The van der Waals surface area contributed by atoms with E-state index in [1.54, 1.807) is 0 Å². The molecule has 0 bridgehead atoms. The van der Waals surface area contributed by atoms with E-state index in [0.717, 1.165) is 47.5 Å². The van der Waals surface area contributed by atoms with Gasteiger partial charge in [-0.15, -0.1) is 0 Å². The number of benzene rings is 1. The second-order valence-electron chi connectivity index (χ2n) is 7.90. The maximum atomic E-state index is 12.6. The standard InChI is InChI=1S/C21H26N4O2S/c1-13-17-15(24-25-20(28)22-14-9-6-5-7-10-14)11-8-12-16(17)27-18(13)19(26)23-21(2,3)4/h5-7,9-10H,8,11-12H2,1-4H3,(H,23,26)(H2,22,25,28)/b24-15+. The minimum absolute atomic E-state index is 0.201. The van der Waals surface area contributed by atoms with Gasteiger partial charge in [0.1, 0.15) is 5.76 Å². The Morgan fingerprint density at radius 1 is 1.18 bits per heavy atom. The van der Waals surface area contributed by atoms with E-state index in [9.17, 15) is 4.79 Å². The molecule has 3 N–H and O–H groups in total. The molecule has 1 amide bonds. The number of rotatable bonds is 3. The molecule has 28 heavy (non-hydrogen) atoms. The Hall–Kier alpha value is -2.67. The molecule has 1 heterocycles. The van der Waals surface area contributed by atoms with Gasteiger partial charge < -0.3 is 15.1 Å². The quantitative estimate of drug-likeness (QED) is 0.535. The minimum Gasteiger partial charge on any atom is -0.455 e. The number of hydrogen-bond donors (Lipinski definition) is 3. The molecule has 7 heteroatoms. The predicted molar refractivity (Wildman–Crippen MR) is 116 cm³/mol. The van der Waals surface area contributed by atoms with Crippen molar-refractivity contribution in [3.8, 4) is 0 Å². The van der Waals surface area contributed by atoms with Crippen molar-refractivity contribution in [2.45, 2.75) is 52.5 Å². The van der Waals surface area contributed by atoms with Crippen LogP contribution in [0.2, 0.25) is 0 Å². The first-order valence-corrected chi connectivity index (χ1v) is 9.79. The van der Waals surface area contributed by atoms with Crippen LogP contribution >= 0.6 is 12.2 Å². The van der Waals surface area contributed by atoms with E-state index in [4.69, 9.17) is 16.6 Å². The second-order valence-corrected chi connectivity index (χ2v) is 8.31. The number of aryl methyl sites for hydroxylation is 1. The summed E-state index contributed by atoms with van der Waals surface area (Å²) in [5, 5.41) is 11.0. The number of anilines is 1. The lowest BCUT2D eigenvalue weighted by Gasteiger charge is -2.19. The second kappa shape index (κ2) is 8.14. The molecule has 2 aromatic rings. The van der Waals surface area contributed by atoms with Crippen LogP contribution < -0.4 is 16.1 Å². The molecule has 148 valence electrons. The number of nitrogens with one attached hydrogen (secondary N) is 3. The lowest BCUT2D eigenvalue weighted by atomic mass is 9.93. The predicted octanol–water partition coefficient (Wildman–Crippen LogP) is 4.14. The minimum atomic E-state index is -0.329. The summed E-state index contributed by atoms with van der Waals surface area (Å²) in [6.45, 7) is 7.74. The summed E-state index contributed by atoms with van der Waals surface area (Å²) in [4.78, 5) is 12.6. The fourth-order valence-electron chi connectivity index (χ4n) is 3.19. The van der Waals surface area contributed by atoms with E-state index in [1.165, 1.54) is 0 Å². The van der Waals surface area contributed by atoms with Crippen molar-refractivity contribution in [1.29, 1.82) is 0 Å². The van der Waals surface area contributed by atoms with Crippen LogP contribution in [0.5, 0.6) is 0 Å². The Kier molecular flexibility index (Phi) is 5.84. The van der Waals surface area contributed by atoms with Crippen LogP contribution in [0.15, 0.2) is 39.9 Å². The molecule has 0 atom stereocenters. The van der Waals surface area contributed by atoms with Crippen molar-refractivity contribution in [2.75, 3.05) is 5.32 Å². The van der Waals surface area contributed by atoms with Gasteiger partial charge in [-0.3, -0.25) is 10.2 Å². The summed E-state index contributed by atoms with van der Waals surface area (Å²) < 4.78 is 5.91. The molecule has 0 saturated carbocycles. The molecule has 0 fully saturated rings. The van der Waals surface area contributed by atoms with Gasteiger partial charge >= 0.3 is 0 Å². The van der Waals surface area contributed by atoms with Crippen LogP contribution in [0, 0.1) is 6.92 Å². The Labute approximate surface area is 170 Å². The highest BCUT2D eigenvalue weighted by atomic mass is 32.1. The number of thiocarbonyl (C=S) groups is 1. The monoisotopic (exact) mass is 398 g/mol. The molecule has 0 spiro atoms. The highest BCUT2D eigenvalue weighted by molar-refractivity contribution is 7.80. The molecule has 0 aliphatic heterocycles. The smallest absolute Gasteiger partial charge is 0.287 e. The summed E-state index contributed by atoms with van der Waals surface area (Å²) in [7, 11) is 0. The number of nitrogens with zero attached hydrogens (tertiary/aromatic N) is 1.